The van der Waals surface area contributed by atoms with Gasteiger partial charge in [-0.05, 0) is 62.9 Å². The number of ether oxygens (including phenoxy) is 1. The van der Waals surface area contributed by atoms with E-state index in [-0.39, 0.29) is 17.3 Å². The van der Waals surface area contributed by atoms with E-state index < -0.39 is 0 Å². The average molecular weight is 332 g/mol. The Balaban J connectivity index is 1.94. The van der Waals surface area contributed by atoms with E-state index in [2.05, 4.69) is 31.9 Å². The van der Waals surface area contributed by atoms with Crippen LogP contribution in [0.3, 0.4) is 0 Å². The lowest BCUT2D eigenvalue weighted by Gasteiger charge is -2.34. The maximum absolute atomic E-state index is 13.2. The molecule has 0 saturated carbocycles. The minimum Gasteiger partial charge on any atom is -0.381 e. The van der Waals surface area contributed by atoms with Crippen LogP contribution < -0.4 is 0 Å². The summed E-state index contributed by atoms with van der Waals surface area (Å²) in [6.07, 6.45) is 3.61. The van der Waals surface area contributed by atoms with Gasteiger partial charge in [-0.2, -0.15) is 5.26 Å². The zero-order valence-electron chi connectivity index (χ0n) is 15.1. The molecule has 24 heavy (non-hydrogen) atoms. The van der Waals surface area contributed by atoms with E-state index in [1.165, 1.54) is 12.1 Å². The van der Waals surface area contributed by atoms with E-state index >= 15 is 0 Å². The van der Waals surface area contributed by atoms with E-state index in [0.29, 0.717) is 19.1 Å². The van der Waals surface area contributed by atoms with Crippen LogP contribution in [0.1, 0.15) is 51.1 Å². The normalized spacial score (nSPS) is 18.5. The molecule has 0 radical (unpaired) electrons. The Morgan fingerprint density at radius 1 is 1.25 bits per heavy atom. The Kier molecular flexibility index (Phi) is 6.77. The molecule has 1 aliphatic heterocycles. The summed E-state index contributed by atoms with van der Waals surface area (Å²) in [5, 5.41) is 9.55. The van der Waals surface area contributed by atoms with Crippen LogP contribution in [0.4, 0.5) is 4.39 Å². The van der Waals surface area contributed by atoms with Gasteiger partial charge < -0.3 is 4.74 Å². The van der Waals surface area contributed by atoms with Crippen molar-refractivity contribution in [1.29, 1.82) is 5.26 Å². The number of rotatable bonds is 7. The third-order valence-electron chi connectivity index (χ3n) is 5.17. The number of halogens is 1. The lowest BCUT2D eigenvalue weighted by Crippen LogP contribution is -2.32. The second-order valence-corrected chi connectivity index (χ2v) is 7.33. The maximum Gasteiger partial charge on any atom is 0.123 e. The van der Waals surface area contributed by atoms with Gasteiger partial charge in [0.15, 0.2) is 0 Å². The highest BCUT2D eigenvalue weighted by Crippen LogP contribution is 2.35. The largest absolute Gasteiger partial charge is 0.381 e. The number of nitriles is 1. The summed E-state index contributed by atoms with van der Waals surface area (Å²) in [5.41, 5.74) is 0.942. The molecular weight excluding hydrogens is 303 g/mol. The van der Waals surface area contributed by atoms with Gasteiger partial charge in [0.25, 0.3) is 0 Å². The first-order valence-corrected chi connectivity index (χ1v) is 8.92. The first-order valence-electron chi connectivity index (χ1n) is 8.92. The van der Waals surface area contributed by atoms with Gasteiger partial charge in [0.2, 0.25) is 0 Å². The van der Waals surface area contributed by atoms with Gasteiger partial charge in [-0.15, -0.1) is 0 Å². The molecule has 0 spiro atoms. The molecule has 1 fully saturated rings. The van der Waals surface area contributed by atoms with Crippen molar-refractivity contribution < 1.29 is 9.13 Å². The van der Waals surface area contributed by atoms with Gasteiger partial charge in [0.1, 0.15) is 5.82 Å². The van der Waals surface area contributed by atoms with Crippen molar-refractivity contribution in [2.24, 2.45) is 11.3 Å². The third kappa shape index (κ3) is 4.78. The molecule has 132 valence electrons. The van der Waals surface area contributed by atoms with Crippen LogP contribution in [-0.2, 0) is 4.74 Å². The van der Waals surface area contributed by atoms with E-state index in [0.717, 1.165) is 37.8 Å². The van der Waals surface area contributed by atoms with E-state index in [1.54, 1.807) is 0 Å². The molecule has 1 unspecified atom stereocenters. The van der Waals surface area contributed by atoms with Gasteiger partial charge in [0, 0.05) is 19.3 Å². The summed E-state index contributed by atoms with van der Waals surface area (Å²) in [5.74, 6) is 0.243. The van der Waals surface area contributed by atoms with Crippen LogP contribution >= 0.6 is 0 Å². The van der Waals surface area contributed by atoms with Crippen molar-refractivity contribution in [3.63, 3.8) is 0 Å². The molecular formula is C20H29FN2O. The smallest absolute Gasteiger partial charge is 0.123 e. The predicted molar refractivity (Wildman–Crippen MR) is 93.9 cm³/mol. The molecule has 0 aliphatic carbocycles. The summed E-state index contributed by atoms with van der Waals surface area (Å²) in [7, 11) is 2.12. The van der Waals surface area contributed by atoms with Crippen LogP contribution in [0.5, 0.6) is 0 Å². The molecule has 0 aromatic heterocycles. The second kappa shape index (κ2) is 8.60. The van der Waals surface area contributed by atoms with Crippen LogP contribution in [0, 0.1) is 28.5 Å². The Labute approximate surface area is 145 Å². The molecule has 2 rings (SSSR count). The fourth-order valence-corrected chi connectivity index (χ4v) is 3.79. The van der Waals surface area contributed by atoms with Gasteiger partial charge in [0.05, 0.1) is 11.5 Å². The first kappa shape index (κ1) is 18.9. The first-order chi connectivity index (χ1) is 11.5. The third-order valence-corrected chi connectivity index (χ3v) is 5.17. The summed E-state index contributed by atoms with van der Waals surface area (Å²) in [4.78, 5) is 2.34. The molecule has 1 saturated heterocycles. The van der Waals surface area contributed by atoms with Gasteiger partial charge >= 0.3 is 0 Å². The monoisotopic (exact) mass is 332 g/mol. The molecule has 0 bridgehead atoms. The lowest BCUT2D eigenvalue weighted by molar-refractivity contribution is 0.0344. The summed E-state index contributed by atoms with van der Waals surface area (Å²) in [6.45, 7) is 6.73. The van der Waals surface area contributed by atoms with Crippen molar-refractivity contribution in [2.45, 2.75) is 45.6 Å². The van der Waals surface area contributed by atoms with Gasteiger partial charge in [-0.1, -0.05) is 26.0 Å². The molecule has 1 heterocycles. The molecule has 1 atom stereocenters. The highest BCUT2D eigenvalue weighted by molar-refractivity contribution is 5.20. The van der Waals surface area contributed by atoms with Crippen LogP contribution in [0.15, 0.2) is 24.3 Å². The molecule has 0 N–H and O–H groups in total. The highest BCUT2D eigenvalue weighted by Gasteiger charge is 2.32. The topological polar surface area (TPSA) is 36.3 Å². The molecule has 1 aliphatic rings. The fraction of sp³-hybridized carbons (Fsp3) is 0.650. The zero-order valence-corrected chi connectivity index (χ0v) is 15.1. The zero-order chi connectivity index (χ0) is 17.6. The van der Waals surface area contributed by atoms with E-state index in [4.69, 9.17) is 4.74 Å². The lowest BCUT2D eigenvalue weighted by atomic mass is 9.78. The van der Waals surface area contributed by atoms with Crippen molar-refractivity contribution in [3.05, 3.63) is 35.6 Å². The Hall–Kier alpha value is -1.44. The SMILES string of the molecule is CC(C)C(c1ccc(F)cc1)N(C)CCCC1(C#N)CCOCC1. The van der Waals surface area contributed by atoms with Gasteiger partial charge in [-0.25, -0.2) is 4.39 Å². The minimum absolute atomic E-state index is 0.195. The standard InChI is InChI=1S/C20H29FN2O/c1-16(2)19(17-5-7-18(21)8-6-17)23(3)12-4-9-20(15-22)10-13-24-14-11-20/h5-8,16,19H,4,9-14H2,1-3H3. The number of hydrogen-bond acceptors (Lipinski definition) is 3. The van der Waals surface area contributed by atoms with Gasteiger partial charge in [-0.3, -0.25) is 4.90 Å². The highest BCUT2D eigenvalue weighted by atomic mass is 19.1. The quantitative estimate of drug-likeness (QED) is 0.734. The molecule has 1 aromatic carbocycles. The van der Waals surface area contributed by atoms with Crippen molar-refractivity contribution >= 4 is 0 Å². The van der Waals surface area contributed by atoms with Crippen molar-refractivity contribution in [1.82, 2.24) is 4.90 Å². The Morgan fingerprint density at radius 3 is 2.42 bits per heavy atom. The van der Waals surface area contributed by atoms with Crippen LogP contribution in [0.2, 0.25) is 0 Å². The van der Waals surface area contributed by atoms with Crippen molar-refractivity contribution in [3.8, 4) is 6.07 Å². The average Bonchev–Trinajstić information content (AvgIpc) is 2.57. The number of nitrogens with zero attached hydrogens (tertiary/aromatic N) is 2. The molecule has 4 heteroatoms. The Bertz CT molecular complexity index is 544. The summed E-state index contributed by atoms with van der Waals surface area (Å²) < 4.78 is 18.6. The number of benzene rings is 1. The maximum atomic E-state index is 13.2. The summed E-state index contributed by atoms with van der Waals surface area (Å²) in [6, 6.07) is 9.63. The molecule has 0 amide bonds. The van der Waals surface area contributed by atoms with E-state index in [9.17, 15) is 9.65 Å². The number of hydrogen-bond donors (Lipinski definition) is 0. The molecule has 1 aromatic rings. The second-order valence-electron chi connectivity index (χ2n) is 7.33. The summed E-state index contributed by atoms with van der Waals surface area (Å²) >= 11 is 0. The molecule has 3 nitrogen and oxygen atoms in total. The predicted octanol–water partition coefficient (Wildman–Crippen LogP) is 4.56. The minimum atomic E-state index is -0.206. The van der Waals surface area contributed by atoms with Crippen LogP contribution in [0.25, 0.3) is 0 Å². The fourth-order valence-electron chi connectivity index (χ4n) is 3.79. The Morgan fingerprint density at radius 2 is 1.88 bits per heavy atom. The van der Waals surface area contributed by atoms with Crippen LogP contribution in [-0.4, -0.2) is 31.7 Å². The van der Waals surface area contributed by atoms with E-state index in [1.807, 2.05) is 12.1 Å². The van der Waals surface area contributed by atoms with Crippen molar-refractivity contribution in [2.75, 3.05) is 26.8 Å².